The third-order valence-electron chi connectivity index (χ3n) is 1.63. The maximum atomic E-state index is 11.3. The molecular weight excluding hydrogens is 184 g/mol. The van der Waals surface area contributed by atoms with Crippen molar-refractivity contribution in [3.05, 3.63) is 0 Å². The Bertz CT molecular complexity index is 142. The van der Waals surface area contributed by atoms with Crippen LogP contribution in [0.1, 0.15) is 26.7 Å². The van der Waals surface area contributed by atoms with Crippen molar-refractivity contribution in [1.29, 1.82) is 0 Å². The second-order valence-electron chi connectivity index (χ2n) is 2.95. The molecule has 1 amide bonds. The molecule has 3 N–H and O–H groups in total. The van der Waals surface area contributed by atoms with Crippen molar-refractivity contribution in [3.63, 3.8) is 0 Å². The van der Waals surface area contributed by atoms with E-state index in [0.29, 0.717) is 6.54 Å². The van der Waals surface area contributed by atoms with Crippen molar-refractivity contribution in [2.45, 2.75) is 31.9 Å². The molecule has 0 rings (SSSR count). The molecule has 4 heteroatoms. The topological polar surface area (TPSA) is 55.1 Å². The predicted molar refractivity (Wildman–Crippen MR) is 58.9 cm³/mol. The van der Waals surface area contributed by atoms with Crippen LogP contribution in [0.4, 0.5) is 0 Å². The minimum absolute atomic E-state index is 0.0538. The maximum absolute atomic E-state index is 11.3. The molecule has 1 unspecified atom stereocenters. The number of thioether (sulfide) groups is 1. The van der Waals surface area contributed by atoms with E-state index in [2.05, 4.69) is 5.32 Å². The van der Waals surface area contributed by atoms with Crippen molar-refractivity contribution in [2.75, 3.05) is 18.8 Å². The summed E-state index contributed by atoms with van der Waals surface area (Å²) in [7, 11) is 0. The fraction of sp³-hybridized carbons (Fsp3) is 0.889. The average Bonchev–Trinajstić information content (AvgIpc) is 2.14. The van der Waals surface area contributed by atoms with Crippen LogP contribution in [0.2, 0.25) is 0 Å². The normalized spacial score (nSPS) is 12.5. The number of nitrogens with one attached hydrogen (secondary N) is 1. The fourth-order valence-electron chi connectivity index (χ4n) is 0.811. The van der Waals surface area contributed by atoms with Gasteiger partial charge in [-0.15, -0.1) is 11.8 Å². The van der Waals surface area contributed by atoms with Crippen molar-refractivity contribution in [2.24, 2.45) is 5.73 Å². The minimum Gasteiger partial charge on any atom is -0.355 e. The first kappa shape index (κ1) is 12.8. The third kappa shape index (κ3) is 6.90. The third-order valence-corrected chi connectivity index (χ3v) is 2.87. The molecule has 0 saturated carbocycles. The highest BCUT2D eigenvalue weighted by atomic mass is 32.2. The zero-order valence-corrected chi connectivity index (χ0v) is 9.32. The highest BCUT2D eigenvalue weighted by Crippen LogP contribution is 2.10. The Morgan fingerprint density at radius 3 is 2.85 bits per heavy atom. The summed E-state index contributed by atoms with van der Waals surface area (Å²) in [4.78, 5) is 11.3. The van der Waals surface area contributed by atoms with Gasteiger partial charge in [0, 0.05) is 6.54 Å². The van der Waals surface area contributed by atoms with Crippen molar-refractivity contribution in [1.82, 2.24) is 5.32 Å². The van der Waals surface area contributed by atoms with Crippen LogP contribution < -0.4 is 11.1 Å². The van der Waals surface area contributed by atoms with Crippen LogP contribution in [0, 0.1) is 0 Å². The molecule has 13 heavy (non-hydrogen) atoms. The van der Waals surface area contributed by atoms with E-state index in [4.69, 9.17) is 5.73 Å². The summed E-state index contributed by atoms with van der Waals surface area (Å²) in [6.45, 7) is 5.47. The second kappa shape index (κ2) is 8.38. The van der Waals surface area contributed by atoms with Crippen LogP contribution in [-0.2, 0) is 4.79 Å². The lowest BCUT2D eigenvalue weighted by molar-refractivity contribution is -0.120. The quantitative estimate of drug-likeness (QED) is 0.608. The van der Waals surface area contributed by atoms with E-state index in [0.717, 1.165) is 25.1 Å². The van der Waals surface area contributed by atoms with Gasteiger partial charge in [-0.25, -0.2) is 0 Å². The van der Waals surface area contributed by atoms with Gasteiger partial charge in [0.05, 0.1) is 5.25 Å². The lowest BCUT2D eigenvalue weighted by Gasteiger charge is -2.10. The Morgan fingerprint density at radius 1 is 1.62 bits per heavy atom. The standard InChI is InChI=1S/C9H20N2OS/c1-3-6-11-9(12)8(2)13-7-4-5-10/h8H,3-7,10H2,1-2H3,(H,11,12). The molecule has 0 aromatic rings. The molecule has 0 saturated heterocycles. The predicted octanol–water partition coefficient (Wildman–Crippen LogP) is 0.983. The van der Waals surface area contributed by atoms with E-state index >= 15 is 0 Å². The van der Waals surface area contributed by atoms with E-state index in [1.54, 1.807) is 11.8 Å². The van der Waals surface area contributed by atoms with E-state index in [1.165, 1.54) is 0 Å². The summed E-state index contributed by atoms with van der Waals surface area (Å²) < 4.78 is 0. The molecule has 3 nitrogen and oxygen atoms in total. The molecule has 78 valence electrons. The van der Waals surface area contributed by atoms with Crippen LogP contribution in [0.25, 0.3) is 0 Å². The van der Waals surface area contributed by atoms with Gasteiger partial charge in [-0.2, -0.15) is 0 Å². The van der Waals surface area contributed by atoms with Crippen LogP contribution in [0.3, 0.4) is 0 Å². The molecule has 1 atom stereocenters. The van der Waals surface area contributed by atoms with Gasteiger partial charge in [0.1, 0.15) is 0 Å². The van der Waals surface area contributed by atoms with Crippen LogP contribution in [0.5, 0.6) is 0 Å². The van der Waals surface area contributed by atoms with Crippen molar-refractivity contribution >= 4 is 17.7 Å². The molecule has 0 aliphatic heterocycles. The summed E-state index contributed by atoms with van der Waals surface area (Å²) in [5.41, 5.74) is 5.36. The lowest BCUT2D eigenvalue weighted by atomic mass is 10.4. The Hall–Kier alpha value is -0.220. The van der Waals surface area contributed by atoms with Gasteiger partial charge < -0.3 is 11.1 Å². The second-order valence-corrected chi connectivity index (χ2v) is 4.39. The average molecular weight is 204 g/mol. The summed E-state index contributed by atoms with van der Waals surface area (Å²) in [6.07, 6.45) is 1.97. The van der Waals surface area contributed by atoms with Crippen LogP contribution in [-0.4, -0.2) is 30.0 Å². The number of carbonyl (C=O) groups is 1. The lowest BCUT2D eigenvalue weighted by Crippen LogP contribution is -2.31. The minimum atomic E-state index is 0.0538. The van der Waals surface area contributed by atoms with Gasteiger partial charge >= 0.3 is 0 Å². The summed E-state index contributed by atoms with van der Waals surface area (Å²) in [5.74, 6) is 1.11. The van der Waals surface area contributed by atoms with Gasteiger partial charge in [0.2, 0.25) is 5.91 Å². The first-order valence-corrected chi connectivity index (χ1v) is 5.86. The number of hydrogen-bond donors (Lipinski definition) is 2. The van der Waals surface area contributed by atoms with E-state index in [9.17, 15) is 4.79 Å². The first-order valence-electron chi connectivity index (χ1n) is 4.81. The fourth-order valence-corrected chi connectivity index (χ4v) is 1.73. The highest BCUT2D eigenvalue weighted by Gasteiger charge is 2.11. The largest absolute Gasteiger partial charge is 0.355 e. The Labute approximate surface area is 84.8 Å². The number of rotatable bonds is 7. The molecule has 0 bridgehead atoms. The molecule has 0 fully saturated rings. The van der Waals surface area contributed by atoms with Crippen molar-refractivity contribution < 1.29 is 4.79 Å². The van der Waals surface area contributed by atoms with E-state index in [1.807, 2.05) is 13.8 Å². The zero-order chi connectivity index (χ0) is 10.1. The van der Waals surface area contributed by atoms with Gasteiger partial charge in [0.25, 0.3) is 0 Å². The molecule has 0 aromatic carbocycles. The number of hydrogen-bond acceptors (Lipinski definition) is 3. The summed E-state index contributed by atoms with van der Waals surface area (Å²) >= 11 is 1.67. The summed E-state index contributed by atoms with van der Waals surface area (Å²) in [5, 5.41) is 2.92. The van der Waals surface area contributed by atoms with E-state index < -0.39 is 0 Å². The SMILES string of the molecule is CCCNC(=O)C(C)SCCCN. The molecular formula is C9H20N2OS. The van der Waals surface area contributed by atoms with Gasteiger partial charge in [-0.1, -0.05) is 6.92 Å². The molecule has 0 aliphatic rings. The molecule has 0 aliphatic carbocycles. The van der Waals surface area contributed by atoms with Crippen LogP contribution in [0.15, 0.2) is 0 Å². The monoisotopic (exact) mass is 204 g/mol. The van der Waals surface area contributed by atoms with Gasteiger partial charge in [0.15, 0.2) is 0 Å². The molecule has 0 radical (unpaired) electrons. The number of carbonyl (C=O) groups excluding carboxylic acids is 1. The van der Waals surface area contributed by atoms with Crippen molar-refractivity contribution in [3.8, 4) is 0 Å². The zero-order valence-electron chi connectivity index (χ0n) is 8.51. The van der Waals surface area contributed by atoms with Gasteiger partial charge in [-0.3, -0.25) is 4.79 Å². The molecule has 0 aromatic heterocycles. The maximum Gasteiger partial charge on any atom is 0.232 e. The Kier molecular flexibility index (Phi) is 8.24. The first-order chi connectivity index (χ1) is 6.22. The van der Waals surface area contributed by atoms with E-state index in [-0.39, 0.29) is 11.2 Å². The Morgan fingerprint density at radius 2 is 2.31 bits per heavy atom. The van der Waals surface area contributed by atoms with Gasteiger partial charge in [-0.05, 0) is 32.1 Å². The number of amides is 1. The smallest absolute Gasteiger partial charge is 0.232 e. The summed E-state index contributed by atoms with van der Waals surface area (Å²) in [6, 6.07) is 0. The molecule has 0 heterocycles. The Balaban J connectivity index is 3.45. The van der Waals surface area contributed by atoms with Crippen LogP contribution >= 0.6 is 11.8 Å². The number of nitrogens with two attached hydrogens (primary N) is 1. The highest BCUT2D eigenvalue weighted by molar-refractivity contribution is 8.00. The molecule has 0 spiro atoms.